The van der Waals surface area contributed by atoms with Crippen LogP contribution < -0.4 is 5.56 Å². The number of halogens is 1. The van der Waals surface area contributed by atoms with E-state index in [2.05, 4.69) is 34.8 Å². The average Bonchev–Trinajstić information content (AvgIpc) is 2.17. The van der Waals surface area contributed by atoms with Crippen LogP contribution in [0.25, 0.3) is 0 Å². The van der Waals surface area contributed by atoms with Crippen LogP contribution in [0.15, 0.2) is 23.1 Å². The van der Waals surface area contributed by atoms with Gasteiger partial charge in [0.2, 0.25) is 5.56 Å². The fraction of sp³-hybridized carbons (Fsp3) is 0.500. The lowest BCUT2D eigenvalue weighted by atomic mass is 10.0. The molecule has 1 atom stereocenters. The molecule has 1 N–H and O–H groups in total. The van der Waals surface area contributed by atoms with Crippen LogP contribution in [0.4, 0.5) is 0 Å². The Bertz CT molecular complexity index is 378. The quantitative estimate of drug-likeness (QED) is 0.684. The van der Waals surface area contributed by atoms with Gasteiger partial charge in [0, 0.05) is 17.8 Å². The van der Waals surface area contributed by atoms with Crippen molar-refractivity contribution in [2.45, 2.75) is 32.5 Å². The molecule has 16 heavy (non-hydrogen) atoms. The number of ketones is 1. The topological polar surface area (TPSA) is 49.9 Å². The second-order valence-electron chi connectivity index (χ2n) is 3.90. The minimum absolute atomic E-state index is 0. The smallest absolute Gasteiger partial charge is 0.247 e. The highest BCUT2D eigenvalue weighted by molar-refractivity contribution is 9.10. The third kappa shape index (κ3) is 4.31. The molecule has 1 unspecified atom stereocenters. The molecule has 0 aliphatic rings. The van der Waals surface area contributed by atoms with Crippen LogP contribution in [0.1, 0.15) is 38.1 Å². The number of pyridine rings is 1. The second-order valence-corrected chi connectivity index (χ2v) is 5.01. The molecule has 0 amide bonds. The Morgan fingerprint density at radius 2 is 2.06 bits per heavy atom. The van der Waals surface area contributed by atoms with Crippen LogP contribution in [-0.2, 0) is 0 Å². The lowest BCUT2D eigenvalue weighted by Crippen LogP contribution is -2.17. The van der Waals surface area contributed by atoms with E-state index in [0.717, 1.165) is 6.42 Å². The first kappa shape index (κ1) is 15.1. The molecule has 90 valence electrons. The van der Waals surface area contributed by atoms with Crippen LogP contribution in [0, 0.1) is 5.92 Å². The maximum Gasteiger partial charge on any atom is 0.247 e. The number of Topliss-reactive ketones (excluding diaryl/α,β-unsaturated/α-hetero) is 1. The van der Waals surface area contributed by atoms with Crippen LogP contribution in [-0.4, -0.2) is 15.6 Å². The number of hydrogen-bond acceptors (Lipinski definition) is 2. The molecule has 0 radical (unpaired) electrons. The Labute approximate surface area is 104 Å². The van der Waals surface area contributed by atoms with Gasteiger partial charge in [0.25, 0.3) is 0 Å². The highest BCUT2D eigenvalue weighted by Crippen LogP contribution is 2.17. The molecule has 4 heteroatoms. The van der Waals surface area contributed by atoms with Gasteiger partial charge < -0.3 is 4.98 Å². The largest absolute Gasteiger partial charge is 0.328 e. The molecule has 0 aliphatic heterocycles. The average molecular weight is 288 g/mol. The highest BCUT2D eigenvalue weighted by Gasteiger charge is 2.17. The SMILES string of the molecule is C.CC(C)CC(Br)C(=O)c1ccc(=O)[nH]c1. The Hall–Kier alpha value is -0.900. The second kappa shape index (κ2) is 6.63. The van der Waals surface area contributed by atoms with Crippen LogP contribution in [0.2, 0.25) is 0 Å². The monoisotopic (exact) mass is 287 g/mol. The van der Waals surface area contributed by atoms with Crippen molar-refractivity contribution in [1.29, 1.82) is 0 Å². The fourth-order valence-corrected chi connectivity index (χ4v) is 2.28. The standard InChI is InChI=1S/C11H14BrNO2.CH4/c1-7(2)5-9(12)11(15)8-3-4-10(14)13-6-8;/h3-4,6-7,9H,5H2,1-2H3,(H,13,14);1H4. The Kier molecular flexibility index (Phi) is 6.26. The highest BCUT2D eigenvalue weighted by atomic mass is 79.9. The molecule has 1 heterocycles. The molecule has 1 aromatic rings. The van der Waals surface area contributed by atoms with Crippen LogP contribution in [0.3, 0.4) is 0 Å². The summed E-state index contributed by atoms with van der Waals surface area (Å²) in [5, 5.41) is 0. The van der Waals surface area contributed by atoms with E-state index in [0.29, 0.717) is 11.5 Å². The number of alkyl halides is 1. The summed E-state index contributed by atoms with van der Waals surface area (Å²) in [5.74, 6) is 0.473. The van der Waals surface area contributed by atoms with Gasteiger partial charge in [0.15, 0.2) is 5.78 Å². The minimum atomic E-state index is -0.193. The molecular formula is C12H18BrNO2. The summed E-state index contributed by atoms with van der Waals surface area (Å²) < 4.78 is 0. The number of hydrogen-bond donors (Lipinski definition) is 1. The predicted molar refractivity (Wildman–Crippen MR) is 70.3 cm³/mol. The summed E-state index contributed by atoms with van der Waals surface area (Å²) >= 11 is 3.36. The first-order valence-electron chi connectivity index (χ1n) is 4.87. The summed E-state index contributed by atoms with van der Waals surface area (Å²) in [6.07, 6.45) is 2.25. The maximum absolute atomic E-state index is 11.8. The third-order valence-electron chi connectivity index (χ3n) is 2.03. The van der Waals surface area contributed by atoms with Crippen molar-refractivity contribution in [3.63, 3.8) is 0 Å². The van der Waals surface area contributed by atoms with E-state index in [-0.39, 0.29) is 23.6 Å². The van der Waals surface area contributed by atoms with Gasteiger partial charge >= 0.3 is 0 Å². The van der Waals surface area contributed by atoms with Crippen LogP contribution in [0.5, 0.6) is 0 Å². The van der Waals surface area contributed by atoms with Gasteiger partial charge in [-0.1, -0.05) is 37.2 Å². The lowest BCUT2D eigenvalue weighted by Gasteiger charge is -2.10. The van der Waals surface area contributed by atoms with Crippen molar-refractivity contribution in [2.75, 3.05) is 0 Å². The zero-order valence-corrected chi connectivity index (χ0v) is 10.4. The Morgan fingerprint density at radius 3 is 2.50 bits per heavy atom. The van der Waals surface area contributed by atoms with E-state index < -0.39 is 0 Å². The molecule has 0 bridgehead atoms. The van der Waals surface area contributed by atoms with E-state index in [4.69, 9.17) is 0 Å². The van der Waals surface area contributed by atoms with E-state index in [1.54, 1.807) is 6.07 Å². The van der Waals surface area contributed by atoms with E-state index in [1.807, 2.05) is 0 Å². The summed E-state index contributed by atoms with van der Waals surface area (Å²) in [6.45, 7) is 4.13. The zero-order chi connectivity index (χ0) is 11.4. The van der Waals surface area contributed by atoms with Crippen molar-refractivity contribution >= 4 is 21.7 Å². The first-order chi connectivity index (χ1) is 7.00. The van der Waals surface area contributed by atoms with Crippen LogP contribution >= 0.6 is 15.9 Å². The molecule has 0 saturated carbocycles. The molecular weight excluding hydrogens is 270 g/mol. The van der Waals surface area contributed by atoms with E-state index in [9.17, 15) is 9.59 Å². The lowest BCUT2D eigenvalue weighted by molar-refractivity contribution is 0.0984. The minimum Gasteiger partial charge on any atom is -0.328 e. The Balaban J connectivity index is 0.00000225. The summed E-state index contributed by atoms with van der Waals surface area (Å²) in [5.41, 5.74) is 0.346. The predicted octanol–water partition coefficient (Wildman–Crippen LogP) is 3.00. The third-order valence-corrected chi connectivity index (χ3v) is 2.82. The molecule has 0 fully saturated rings. The Morgan fingerprint density at radius 1 is 1.44 bits per heavy atom. The molecule has 0 aromatic carbocycles. The molecule has 1 rings (SSSR count). The molecule has 0 spiro atoms. The number of H-pyrrole nitrogens is 1. The number of carbonyl (C=O) groups excluding carboxylic acids is 1. The van der Waals surface area contributed by atoms with Crippen molar-refractivity contribution in [1.82, 2.24) is 4.98 Å². The van der Waals surface area contributed by atoms with E-state index >= 15 is 0 Å². The van der Waals surface area contributed by atoms with Gasteiger partial charge in [-0.25, -0.2) is 0 Å². The maximum atomic E-state index is 11.8. The van der Waals surface area contributed by atoms with E-state index in [1.165, 1.54) is 12.3 Å². The van der Waals surface area contributed by atoms with Gasteiger partial charge in [-0.3, -0.25) is 9.59 Å². The van der Waals surface area contributed by atoms with Gasteiger partial charge in [0.1, 0.15) is 0 Å². The first-order valence-corrected chi connectivity index (χ1v) is 5.79. The molecule has 0 aliphatic carbocycles. The normalized spacial score (nSPS) is 12.0. The summed E-state index contributed by atoms with van der Waals surface area (Å²) in [4.78, 5) is 25.0. The zero-order valence-electron chi connectivity index (χ0n) is 8.79. The van der Waals surface area contributed by atoms with Gasteiger partial charge in [-0.05, 0) is 18.4 Å². The molecule has 1 aromatic heterocycles. The van der Waals surface area contributed by atoms with Crippen molar-refractivity contribution in [3.05, 3.63) is 34.2 Å². The van der Waals surface area contributed by atoms with Crippen molar-refractivity contribution < 1.29 is 4.79 Å². The molecule has 3 nitrogen and oxygen atoms in total. The number of carbonyl (C=O) groups is 1. The number of nitrogens with one attached hydrogen (secondary N) is 1. The van der Waals surface area contributed by atoms with Crippen molar-refractivity contribution in [2.24, 2.45) is 5.92 Å². The summed E-state index contributed by atoms with van der Waals surface area (Å²) in [6, 6.07) is 2.91. The number of aromatic amines is 1. The molecule has 0 saturated heterocycles. The van der Waals surface area contributed by atoms with Gasteiger partial charge in [-0.2, -0.15) is 0 Å². The number of aromatic nitrogens is 1. The van der Waals surface area contributed by atoms with Gasteiger partial charge in [0.05, 0.1) is 4.83 Å². The summed E-state index contributed by atoms with van der Waals surface area (Å²) in [7, 11) is 0. The van der Waals surface area contributed by atoms with Gasteiger partial charge in [-0.15, -0.1) is 0 Å². The van der Waals surface area contributed by atoms with Crippen molar-refractivity contribution in [3.8, 4) is 0 Å². The number of rotatable bonds is 4. The fourth-order valence-electron chi connectivity index (χ4n) is 1.27.